The van der Waals surface area contributed by atoms with Gasteiger partial charge in [0.1, 0.15) is 5.82 Å². The van der Waals surface area contributed by atoms with E-state index in [0.29, 0.717) is 0 Å². The lowest BCUT2D eigenvalue weighted by Crippen LogP contribution is -2.28. The lowest BCUT2D eigenvalue weighted by atomic mass is 9.91. The number of hydrogen-bond donors (Lipinski definition) is 0. The summed E-state index contributed by atoms with van der Waals surface area (Å²) in [4.78, 5) is 7.07. The van der Waals surface area contributed by atoms with E-state index >= 15 is 0 Å². The first-order valence-electron chi connectivity index (χ1n) is 22.6. The Morgan fingerprint density at radius 1 is 0.394 bits per heavy atom. The Bertz CT molecular complexity index is 3430. The Balaban J connectivity index is 0.943. The molecule has 0 amide bonds. The summed E-state index contributed by atoms with van der Waals surface area (Å²) in [5.41, 5.74) is 14.4. The number of nitrogens with zero attached hydrogens (tertiary/aromatic N) is 3. The topological polar surface area (TPSA) is 9.72 Å². The zero-order valence-corrected chi connectivity index (χ0v) is 36.1. The quantitative estimate of drug-likeness (QED) is 0.143. The van der Waals surface area contributed by atoms with Crippen molar-refractivity contribution < 1.29 is 4.39 Å². The molecule has 0 radical (unpaired) electrons. The maximum atomic E-state index is 14.6. The van der Waals surface area contributed by atoms with Gasteiger partial charge >= 0.3 is 0 Å². The van der Waals surface area contributed by atoms with Crippen LogP contribution >= 0.6 is 0 Å². The Labute approximate surface area is 384 Å². The summed E-state index contributed by atoms with van der Waals surface area (Å²) in [7, 11) is 0. The van der Waals surface area contributed by atoms with Crippen molar-refractivity contribution in [1.82, 2.24) is 0 Å². The Morgan fingerprint density at radius 2 is 0.955 bits per heavy atom. The number of rotatable bonds is 9. The van der Waals surface area contributed by atoms with Crippen molar-refractivity contribution in [3.63, 3.8) is 0 Å². The lowest BCUT2D eigenvalue weighted by molar-refractivity contribution is 0.628. The second kappa shape index (κ2) is 16.6. The zero-order chi connectivity index (χ0) is 44.0. The van der Waals surface area contributed by atoms with Gasteiger partial charge in [-0.15, -0.1) is 0 Å². The van der Waals surface area contributed by atoms with Crippen molar-refractivity contribution in [3.05, 3.63) is 266 Å². The number of anilines is 8. The van der Waals surface area contributed by atoms with Crippen LogP contribution in [-0.4, -0.2) is 6.04 Å². The van der Waals surface area contributed by atoms with Crippen LogP contribution in [0, 0.1) is 5.82 Å². The Morgan fingerprint density at radius 3 is 1.71 bits per heavy atom. The van der Waals surface area contributed by atoms with Crippen LogP contribution in [0.25, 0.3) is 43.8 Å². The van der Waals surface area contributed by atoms with Crippen LogP contribution in [0.15, 0.2) is 255 Å². The van der Waals surface area contributed by atoms with E-state index in [2.05, 4.69) is 245 Å². The molecule has 12 rings (SSSR count). The highest BCUT2D eigenvalue weighted by molar-refractivity contribution is 6.06. The smallest absolute Gasteiger partial charge is 0.123 e. The third-order valence-corrected chi connectivity index (χ3v) is 13.2. The van der Waals surface area contributed by atoms with Crippen LogP contribution in [0.5, 0.6) is 0 Å². The van der Waals surface area contributed by atoms with Crippen molar-refractivity contribution in [1.29, 1.82) is 0 Å². The van der Waals surface area contributed by atoms with Crippen molar-refractivity contribution in [2.75, 3.05) is 14.7 Å². The molecular formula is C62H44FN3. The molecule has 10 aromatic rings. The van der Waals surface area contributed by atoms with Crippen molar-refractivity contribution in [2.24, 2.45) is 0 Å². The van der Waals surface area contributed by atoms with Gasteiger partial charge in [0, 0.05) is 51.1 Å². The molecule has 0 aromatic heterocycles. The van der Waals surface area contributed by atoms with E-state index < -0.39 is 0 Å². The van der Waals surface area contributed by atoms with Crippen LogP contribution in [-0.2, 0) is 0 Å². The summed E-state index contributed by atoms with van der Waals surface area (Å²) in [6, 6.07) is 81.1. The number of para-hydroxylation sites is 1. The normalized spacial score (nSPS) is 14.9. The van der Waals surface area contributed by atoms with Crippen LogP contribution in [0.3, 0.4) is 0 Å². The van der Waals surface area contributed by atoms with Gasteiger partial charge < -0.3 is 14.7 Å². The fraction of sp³-hybridized carbons (Fsp3) is 0.0323. The second-order valence-corrected chi connectivity index (χ2v) is 17.1. The first-order valence-corrected chi connectivity index (χ1v) is 22.6. The molecule has 1 aliphatic carbocycles. The maximum Gasteiger partial charge on any atom is 0.123 e. The fourth-order valence-electron chi connectivity index (χ4n) is 10.1. The molecule has 66 heavy (non-hydrogen) atoms. The number of benzene rings is 10. The summed E-state index contributed by atoms with van der Waals surface area (Å²) in [5, 5.41) is 4.64. The summed E-state index contributed by atoms with van der Waals surface area (Å²) >= 11 is 0. The highest BCUT2D eigenvalue weighted by Crippen LogP contribution is 2.51. The van der Waals surface area contributed by atoms with E-state index in [4.69, 9.17) is 0 Å². The third kappa shape index (κ3) is 7.01. The van der Waals surface area contributed by atoms with Crippen LogP contribution in [0.4, 0.5) is 49.9 Å². The fourth-order valence-corrected chi connectivity index (χ4v) is 10.1. The first-order chi connectivity index (χ1) is 32.6. The molecule has 4 heteroatoms. The molecule has 2 unspecified atom stereocenters. The highest BCUT2D eigenvalue weighted by Gasteiger charge is 2.38. The standard InChI is InChI=1S/C62H44FN3/c63-48-28-35-52(36-29-48)65(54-37-39-62-59(42-54)58-21-11-12-22-60(58)66(62)49-17-5-2-6-18-49)61-40-38-55(56-19-9-10-20-57(56)61)46-26-32-51(33-27-46)64(53-34-25-44-15-7-8-16-47(44)41-53)50-30-23-45(24-31-50)43-13-3-1-4-14-43/h1-42,58,60H. The van der Waals surface area contributed by atoms with E-state index in [-0.39, 0.29) is 17.8 Å². The van der Waals surface area contributed by atoms with Gasteiger partial charge in [-0.05, 0) is 141 Å². The van der Waals surface area contributed by atoms with E-state index in [9.17, 15) is 4.39 Å². The SMILES string of the molecule is Fc1ccc(N(c2ccc3c(c2)C2C=CC=CC2N3c2ccccc2)c2ccc(-c3ccc(N(c4ccc(-c5ccccc5)cc4)c4ccc5ccccc5c4)cc3)c3ccccc23)cc1. The molecule has 10 aromatic carbocycles. The summed E-state index contributed by atoms with van der Waals surface area (Å²) in [6.07, 6.45) is 8.93. The molecule has 0 fully saturated rings. The van der Waals surface area contributed by atoms with E-state index in [1.165, 1.54) is 38.8 Å². The van der Waals surface area contributed by atoms with Gasteiger partial charge in [-0.2, -0.15) is 0 Å². The van der Waals surface area contributed by atoms with E-state index in [0.717, 1.165) is 56.0 Å². The molecule has 2 atom stereocenters. The summed E-state index contributed by atoms with van der Waals surface area (Å²) in [5.74, 6) is -0.0757. The minimum absolute atomic E-state index is 0.174. The van der Waals surface area contributed by atoms with Gasteiger partial charge in [-0.25, -0.2) is 4.39 Å². The average molecular weight is 850 g/mol. The molecule has 314 valence electrons. The maximum absolute atomic E-state index is 14.6. The van der Waals surface area contributed by atoms with Gasteiger partial charge in [0.15, 0.2) is 0 Å². The van der Waals surface area contributed by atoms with Crippen molar-refractivity contribution >= 4 is 67.0 Å². The zero-order valence-electron chi connectivity index (χ0n) is 36.1. The first kappa shape index (κ1) is 39.1. The Hall–Kier alpha value is -8.47. The predicted octanol–water partition coefficient (Wildman–Crippen LogP) is 17.1. The average Bonchev–Trinajstić information content (AvgIpc) is 3.72. The van der Waals surface area contributed by atoms with Gasteiger partial charge in [0.05, 0.1) is 11.7 Å². The van der Waals surface area contributed by atoms with Crippen LogP contribution < -0.4 is 14.7 Å². The number of fused-ring (bicyclic) bond motifs is 5. The van der Waals surface area contributed by atoms with Crippen molar-refractivity contribution in [3.8, 4) is 22.3 Å². The van der Waals surface area contributed by atoms with E-state index in [1.54, 1.807) is 12.1 Å². The van der Waals surface area contributed by atoms with Crippen molar-refractivity contribution in [2.45, 2.75) is 12.0 Å². The number of halogens is 1. The van der Waals surface area contributed by atoms with Crippen LogP contribution in [0.1, 0.15) is 11.5 Å². The molecule has 3 nitrogen and oxygen atoms in total. The van der Waals surface area contributed by atoms with E-state index in [1.807, 2.05) is 12.1 Å². The molecule has 1 aliphatic heterocycles. The van der Waals surface area contributed by atoms with Crippen LogP contribution in [0.2, 0.25) is 0 Å². The molecule has 0 spiro atoms. The minimum Gasteiger partial charge on any atom is -0.333 e. The monoisotopic (exact) mass is 849 g/mol. The van der Waals surface area contributed by atoms with Gasteiger partial charge in [-0.3, -0.25) is 0 Å². The number of hydrogen-bond acceptors (Lipinski definition) is 3. The highest BCUT2D eigenvalue weighted by atomic mass is 19.1. The lowest BCUT2D eigenvalue weighted by Gasteiger charge is -2.29. The molecule has 1 heterocycles. The molecule has 0 saturated heterocycles. The number of allylic oxidation sites excluding steroid dienone is 2. The van der Waals surface area contributed by atoms with Gasteiger partial charge in [-0.1, -0.05) is 158 Å². The predicted molar refractivity (Wildman–Crippen MR) is 275 cm³/mol. The molecule has 0 saturated carbocycles. The third-order valence-electron chi connectivity index (χ3n) is 13.2. The summed E-state index contributed by atoms with van der Waals surface area (Å²) < 4.78 is 14.6. The second-order valence-electron chi connectivity index (χ2n) is 17.1. The Kier molecular flexibility index (Phi) is 9.84. The molecule has 0 bridgehead atoms. The molecule has 2 aliphatic rings. The largest absolute Gasteiger partial charge is 0.333 e. The molecular weight excluding hydrogens is 806 g/mol. The minimum atomic E-state index is -0.264. The summed E-state index contributed by atoms with van der Waals surface area (Å²) in [6.45, 7) is 0. The van der Waals surface area contributed by atoms with Gasteiger partial charge in [0.25, 0.3) is 0 Å². The van der Waals surface area contributed by atoms with Gasteiger partial charge in [0.2, 0.25) is 0 Å². The molecule has 0 N–H and O–H groups in total.